The van der Waals surface area contributed by atoms with Gasteiger partial charge in [0, 0.05) is 6.54 Å². The smallest absolute Gasteiger partial charge is 0.253 e. The highest BCUT2D eigenvalue weighted by Crippen LogP contribution is 2.27. The molecule has 2 heterocycles. The largest absolute Gasteiger partial charge is 0.348 e. The highest BCUT2D eigenvalue weighted by atomic mass is 32.1. The topological polar surface area (TPSA) is 42.0 Å². The Kier molecular flexibility index (Phi) is 1.24. The summed E-state index contributed by atoms with van der Waals surface area (Å²) >= 11 is 1.50. The second kappa shape index (κ2) is 2.29. The van der Waals surface area contributed by atoms with Gasteiger partial charge in [0.25, 0.3) is 5.91 Å². The number of hydrogen-bond donors (Lipinski definition) is 1. The highest BCUT2D eigenvalue weighted by molar-refractivity contribution is 7.17. The summed E-state index contributed by atoms with van der Waals surface area (Å²) in [6, 6.07) is 4.91. The molecule has 0 atom stereocenters. The van der Waals surface area contributed by atoms with Crippen LogP contribution in [0.1, 0.15) is 15.9 Å². The summed E-state index contributed by atoms with van der Waals surface area (Å²) in [7, 11) is 0. The Morgan fingerprint density at radius 2 is 2.54 bits per heavy atom. The van der Waals surface area contributed by atoms with E-state index >= 15 is 0 Å². The van der Waals surface area contributed by atoms with E-state index < -0.39 is 0 Å². The maximum atomic E-state index is 11.4. The van der Waals surface area contributed by atoms with Crippen molar-refractivity contribution >= 4 is 27.5 Å². The normalized spacial score (nSPS) is 14.6. The standard InChI is InChI=1S/C9H5N2OS/c12-9-7-5(3-10-9)1-2-6-8(7)13-4-11-6/h2,4H,3H2,(H,10,12). The molecular formula is C9H5N2OS. The second-order valence-electron chi connectivity index (χ2n) is 2.89. The number of aromatic nitrogens is 1. The van der Waals surface area contributed by atoms with Crippen molar-refractivity contribution in [2.75, 3.05) is 0 Å². The molecule has 13 heavy (non-hydrogen) atoms. The number of carbonyl (C=O) groups excluding carboxylic acids is 1. The van der Waals surface area contributed by atoms with Crippen molar-refractivity contribution in [1.29, 1.82) is 0 Å². The SMILES string of the molecule is O=C1NCc2[c]cc3ncsc3c21. The summed E-state index contributed by atoms with van der Waals surface area (Å²) < 4.78 is 0.976. The molecule has 1 aliphatic heterocycles. The van der Waals surface area contributed by atoms with Crippen molar-refractivity contribution in [2.45, 2.75) is 6.54 Å². The van der Waals surface area contributed by atoms with Gasteiger partial charge in [0.2, 0.25) is 0 Å². The minimum Gasteiger partial charge on any atom is -0.348 e. The minimum absolute atomic E-state index is 0.00102. The third kappa shape index (κ3) is 0.833. The third-order valence-electron chi connectivity index (χ3n) is 2.16. The van der Waals surface area contributed by atoms with Crippen LogP contribution in [-0.2, 0) is 6.54 Å². The first kappa shape index (κ1) is 7.03. The van der Waals surface area contributed by atoms with Gasteiger partial charge in [-0.15, -0.1) is 11.3 Å². The second-order valence-corrected chi connectivity index (χ2v) is 3.75. The van der Waals surface area contributed by atoms with E-state index in [2.05, 4.69) is 16.4 Å². The van der Waals surface area contributed by atoms with Crippen LogP contribution in [0, 0.1) is 6.07 Å². The number of nitrogens with one attached hydrogen (secondary N) is 1. The molecule has 0 aliphatic carbocycles. The van der Waals surface area contributed by atoms with Crippen LogP contribution in [0.3, 0.4) is 0 Å². The van der Waals surface area contributed by atoms with Gasteiger partial charge in [0.1, 0.15) is 0 Å². The van der Waals surface area contributed by atoms with Crippen LogP contribution in [0.25, 0.3) is 10.2 Å². The van der Waals surface area contributed by atoms with E-state index in [0.29, 0.717) is 6.54 Å². The van der Waals surface area contributed by atoms with E-state index in [0.717, 1.165) is 21.3 Å². The summed E-state index contributed by atoms with van der Waals surface area (Å²) in [5, 5.41) is 2.78. The van der Waals surface area contributed by atoms with E-state index in [9.17, 15) is 4.79 Å². The lowest BCUT2D eigenvalue weighted by molar-refractivity contribution is 0.0967. The number of rotatable bonds is 0. The van der Waals surface area contributed by atoms with Gasteiger partial charge in [-0.2, -0.15) is 0 Å². The van der Waals surface area contributed by atoms with Crippen LogP contribution in [0.4, 0.5) is 0 Å². The molecular weight excluding hydrogens is 184 g/mol. The first-order chi connectivity index (χ1) is 6.36. The van der Waals surface area contributed by atoms with E-state index in [1.54, 1.807) is 5.51 Å². The number of hydrogen-bond acceptors (Lipinski definition) is 3. The molecule has 63 valence electrons. The summed E-state index contributed by atoms with van der Waals surface area (Å²) in [4.78, 5) is 15.6. The lowest BCUT2D eigenvalue weighted by atomic mass is 10.1. The molecule has 3 rings (SSSR count). The van der Waals surface area contributed by atoms with Gasteiger partial charge in [0.05, 0.1) is 21.3 Å². The Morgan fingerprint density at radius 3 is 3.46 bits per heavy atom. The van der Waals surface area contributed by atoms with Gasteiger partial charge >= 0.3 is 0 Å². The summed E-state index contributed by atoms with van der Waals surface area (Å²) in [5.74, 6) is 0.00102. The Bertz CT molecular complexity index is 503. The first-order valence-electron chi connectivity index (χ1n) is 3.91. The van der Waals surface area contributed by atoms with E-state index in [1.807, 2.05) is 6.07 Å². The zero-order valence-corrected chi connectivity index (χ0v) is 7.44. The number of amides is 1. The first-order valence-corrected chi connectivity index (χ1v) is 4.79. The Labute approximate surface area is 78.4 Å². The average Bonchev–Trinajstić information content (AvgIpc) is 2.70. The zero-order chi connectivity index (χ0) is 8.84. The number of nitrogens with zero attached hydrogens (tertiary/aromatic N) is 1. The zero-order valence-electron chi connectivity index (χ0n) is 6.63. The number of thiazole rings is 1. The molecule has 4 heteroatoms. The Hall–Kier alpha value is -1.42. The number of benzene rings is 1. The molecule has 0 bridgehead atoms. The van der Waals surface area contributed by atoms with Gasteiger partial charge < -0.3 is 5.32 Å². The molecule has 0 saturated carbocycles. The van der Waals surface area contributed by atoms with Crippen LogP contribution in [0.15, 0.2) is 11.6 Å². The fraction of sp³-hybridized carbons (Fsp3) is 0.111. The van der Waals surface area contributed by atoms with Crippen molar-refractivity contribution in [3.8, 4) is 0 Å². The van der Waals surface area contributed by atoms with Crippen molar-refractivity contribution < 1.29 is 4.79 Å². The summed E-state index contributed by atoms with van der Waals surface area (Å²) in [5.41, 5.74) is 4.34. The predicted molar refractivity (Wildman–Crippen MR) is 49.6 cm³/mol. The van der Waals surface area contributed by atoms with Gasteiger partial charge in [-0.3, -0.25) is 4.79 Å². The van der Waals surface area contributed by atoms with Crippen molar-refractivity contribution in [2.24, 2.45) is 0 Å². The monoisotopic (exact) mass is 189 g/mol. The third-order valence-corrected chi connectivity index (χ3v) is 3.02. The van der Waals surface area contributed by atoms with Gasteiger partial charge in [-0.05, 0) is 17.7 Å². The lowest BCUT2D eigenvalue weighted by Crippen LogP contribution is -2.12. The average molecular weight is 189 g/mol. The highest BCUT2D eigenvalue weighted by Gasteiger charge is 2.22. The lowest BCUT2D eigenvalue weighted by Gasteiger charge is -1.94. The molecule has 3 nitrogen and oxygen atoms in total. The summed E-state index contributed by atoms with van der Waals surface area (Å²) in [6.07, 6.45) is 0. The Balaban J connectivity index is 2.49. The van der Waals surface area contributed by atoms with Crippen LogP contribution in [0.2, 0.25) is 0 Å². The molecule has 2 aromatic rings. The van der Waals surface area contributed by atoms with Gasteiger partial charge in [-0.25, -0.2) is 4.98 Å². The maximum Gasteiger partial charge on any atom is 0.253 e. The molecule has 1 N–H and O–H groups in total. The van der Waals surface area contributed by atoms with Crippen molar-refractivity contribution in [3.05, 3.63) is 28.8 Å². The van der Waals surface area contributed by atoms with Crippen LogP contribution in [0.5, 0.6) is 0 Å². The number of carbonyl (C=O) groups is 1. The molecule has 1 aliphatic rings. The van der Waals surface area contributed by atoms with Crippen LogP contribution < -0.4 is 5.32 Å². The van der Waals surface area contributed by atoms with Gasteiger partial charge in [-0.1, -0.05) is 0 Å². The molecule has 0 unspecified atom stereocenters. The van der Waals surface area contributed by atoms with Gasteiger partial charge in [0.15, 0.2) is 0 Å². The van der Waals surface area contributed by atoms with E-state index in [1.165, 1.54) is 11.3 Å². The molecule has 1 radical (unpaired) electrons. The molecule has 0 spiro atoms. The van der Waals surface area contributed by atoms with Crippen molar-refractivity contribution in [1.82, 2.24) is 10.3 Å². The number of fused-ring (bicyclic) bond motifs is 3. The van der Waals surface area contributed by atoms with Crippen LogP contribution >= 0.6 is 11.3 Å². The Morgan fingerprint density at radius 1 is 1.62 bits per heavy atom. The molecule has 1 aromatic heterocycles. The molecule has 0 saturated heterocycles. The molecule has 1 aromatic carbocycles. The van der Waals surface area contributed by atoms with Crippen molar-refractivity contribution in [3.63, 3.8) is 0 Å². The van der Waals surface area contributed by atoms with E-state index in [-0.39, 0.29) is 5.91 Å². The predicted octanol–water partition coefficient (Wildman–Crippen LogP) is 1.34. The molecule has 0 fully saturated rings. The maximum absolute atomic E-state index is 11.4. The summed E-state index contributed by atoms with van der Waals surface area (Å²) in [6.45, 7) is 0.599. The van der Waals surface area contributed by atoms with Crippen LogP contribution in [-0.4, -0.2) is 10.9 Å². The fourth-order valence-corrected chi connectivity index (χ4v) is 2.38. The quantitative estimate of drug-likeness (QED) is 0.679. The fourth-order valence-electron chi connectivity index (χ4n) is 1.55. The minimum atomic E-state index is 0.00102. The van der Waals surface area contributed by atoms with E-state index in [4.69, 9.17) is 0 Å². The molecule has 1 amide bonds.